The largest absolute Gasteiger partial charge is 0.356 e. The average molecular weight is 463 g/mol. The summed E-state index contributed by atoms with van der Waals surface area (Å²) in [7, 11) is 1.75. The molecule has 4 heterocycles. The fourth-order valence-electron chi connectivity index (χ4n) is 4.81. The van der Waals surface area contributed by atoms with Gasteiger partial charge in [-0.2, -0.15) is 10.2 Å². The number of aryl methyl sites for hydroxylation is 1. The molecule has 2 aliphatic heterocycles. The maximum Gasteiger partial charge on any atom is 0.215 e. The molecule has 8 nitrogen and oxygen atoms in total. The van der Waals surface area contributed by atoms with Crippen molar-refractivity contribution >= 4 is 22.3 Å². The van der Waals surface area contributed by atoms with E-state index in [1.54, 1.807) is 53.3 Å². The summed E-state index contributed by atoms with van der Waals surface area (Å²) in [5.41, 5.74) is 3.86. The lowest BCUT2D eigenvalue weighted by atomic mass is 10.1. The van der Waals surface area contributed by atoms with Gasteiger partial charge in [0.2, 0.25) is 6.35 Å². The van der Waals surface area contributed by atoms with E-state index in [9.17, 15) is 9.50 Å². The molecule has 2 aromatic heterocycles. The van der Waals surface area contributed by atoms with Crippen LogP contribution in [-0.2, 0) is 13.6 Å². The smallest absolute Gasteiger partial charge is 0.215 e. The Morgan fingerprint density at radius 1 is 1.06 bits per heavy atom. The Morgan fingerprint density at radius 3 is 2.62 bits per heavy atom. The summed E-state index contributed by atoms with van der Waals surface area (Å²) in [6.07, 6.45) is 3.63. The Morgan fingerprint density at radius 2 is 1.82 bits per heavy atom. The number of anilines is 2. The molecule has 0 radical (unpaired) electrons. The summed E-state index contributed by atoms with van der Waals surface area (Å²) in [6.45, 7) is 3.46. The van der Waals surface area contributed by atoms with Crippen LogP contribution >= 0.6 is 0 Å². The van der Waals surface area contributed by atoms with E-state index in [1.807, 2.05) is 11.6 Å². The molecular weight excluding hydrogens is 440 g/mol. The molecule has 0 fully saturated rings. The second kappa shape index (κ2) is 7.64. The monoisotopic (exact) mass is 463 g/mol. The van der Waals surface area contributed by atoms with Crippen LogP contribution in [0, 0.1) is 11.6 Å². The van der Waals surface area contributed by atoms with E-state index in [0.29, 0.717) is 28.8 Å². The molecule has 4 aromatic rings. The highest BCUT2D eigenvalue weighted by molar-refractivity contribution is 5.85. The highest BCUT2D eigenvalue weighted by Crippen LogP contribution is 2.42. The lowest BCUT2D eigenvalue weighted by molar-refractivity contribution is 0.191. The van der Waals surface area contributed by atoms with Crippen molar-refractivity contribution in [1.82, 2.24) is 24.9 Å². The third kappa shape index (κ3) is 3.02. The molecule has 0 amide bonds. The quantitative estimate of drug-likeness (QED) is 0.485. The number of nitrogens with zero attached hydrogens (tertiary/aromatic N) is 6. The Balaban J connectivity index is 1.45. The van der Waals surface area contributed by atoms with Gasteiger partial charge in [-0.1, -0.05) is 0 Å². The number of benzene rings is 2. The number of rotatable bonds is 3. The summed E-state index contributed by atoms with van der Waals surface area (Å²) >= 11 is 0. The minimum atomic E-state index is -1.20. The van der Waals surface area contributed by atoms with Gasteiger partial charge in [-0.05, 0) is 43.3 Å². The highest BCUT2D eigenvalue weighted by Gasteiger charge is 2.36. The van der Waals surface area contributed by atoms with Gasteiger partial charge in [0.05, 0.1) is 40.7 Å². The average Bonchev–Trinajstić information content (AvgIpc) is 3.51. The van der Waals surface area contributed by atoms with Gasteiger partial charge in [0.15, 0.2) is 5.82 Å². The van der Waals surface area contributed by atoms with E-state index in [1.165, 1.54) is 23.2 Å². The Kier molecular flexibility index (Phi) is 4.68. The molecule has 2 atom stereocenters. The van der Waals surface area contributed by atoms with Gasteiger partial charge in [0.1, 0.15) is 11.5 Å². The zero-order chi connectivity index (χ0) is 23.6. The number of halogens is 2. The second-order valence-corrected chi connectivity index (χ2v) is 8.55. The molecule has 2 aromatic carbocycles. The number of fused-ring (bicyclic) bond motifs is 2. The number of nitrogens with one attached hydrogen (secondary N) is 1. The van der Waals surface area contributed by atoms with Crippen LogP contribution in [0.5, 0.6) is 0 Å². The van der Waals surface area contributed by atoms with E-state index in [0.717, 1.165) is 17.8 Å². The standard InChI is InChI=1S/C24H23F2N7O/c1-14-22-23(21(29-33(22)10-9-27-14)15-3-5-16(25)6-4-15)32-12-11-31(24(32)34)19-8-7-18-17(20(19)26)13-28-30(18)2/h3-8,11-14,24,27,34H,9-10H2,1-2H3/t14-,24?/m1/s1. The SMILES string of the molecule is C[C@H]1NCCn2nc(-c3ccc(F)cc3)c(N3C=CN(c4ccc5c(cnn5C)c4F)C3O)c21. The summed E-state index contributed by atoms with van der Waals surface area (Å²) in [6, 6.07) is 9.51. The summed E-state index contributed by atoms with van der Waals surface area (Å²) in [4.78, 5) is 3.15. The van der Waals surface area contributed by atoms with Gasteiger partial charge in [-0.3, -0.25) is 14.3 Å². The first-order valence-corrected chi connectivity index (χ1v) is 11.1. The third-order valence-electron chi connectivity index (χ3n) is 6.53. The number of aromatic nitrogens is 4. The molecule has 0 bridgehead atoms. The van der Waals surface area contributed by atoms with Crippen molar-refractivity contribution in [2.45, 2.75) is 25.9 Å². The molecule has 0 aliphatic carbocycles. The third-order valence-corrected chi connectivity index (χ3v) is 6.53. The summed E-state index contributed by atoms with van der Waals surface area (Å²) < 4.78 is 32.5. The Labute approximate surface area is 194 Å². The van der Waals surface area contributed by atoms with Gasteiger partial charge in [0.25, 0.3) is 0 Å². The lowest BCUT2D eigenvalue weighted by Crippen LogP contribution is -2.40. The molecule has 2 aliphatic rings. The van der Waals surface area contributed by atoms with Crippen LogP contribution in [0.25, 0.3) is 22.2 Å². The van der Waals surface area contributed by atoms with Crippen molar-refractivity contribution in [3.8, 4) is 11.3 Å². The highest BCUT2D eigenvalue weighted by atomic mass is 19.1. The van der Waals surface area contributed by atoms with Gasteiger partial charge in [-0.15, -0.1) is 0 Å². The molecule has 34 heavy (non-hydrogen) atoms. The predicted octanol–water partition coefficient (Wildman–Crippen LogP) is 3.45. The van der Waals surface area contributed by atoms with Crippen molar-refractivity contribution in [3.63, 3.8) is 0 Å². The molecule has 6 rings (SSSR count). The van der Waals surface area contributed by atoms with E-state index in [2.05, 4.69) is 10.4 Å². The minimum absolute atomic E-state index is 0.0245. The topological polar surface area (TPSA) is 74.4 Å². The zero-order valence-electron chi connectivity index (χ0n) is 18.7. The predicted molar refractivity (Wildman–Crippen MR) is 125 cm³/mol. The van der Waals surface area contributed by atoms with Crippen LogP contribution < -0.4 is 15.1 Å². The van der Waals surface area contributed by atoms with Crippen molar-refractivity contribution in [2.24, 2.45) is 7.05 Å². The second-order valence-electron chi connectivity index (χ2n) is 8.55. The first-order valence-electron chi connectivity index (χ1n) is 11.1. The first-order chi connectivity index (χ1) is 16.4. The minimum Gasteiger partial charge on any atom is -0.356 e. The molecule has 2 N–H and O–H groups in total. The molecule has 1 unspecified atom stereocenters. The maximum atomic E-state index is 15.4. The van der Waals surface area contributed by atoms with Gasteiger partial charge in [0, 0.05) is 37.6 Å². The fourth-order valence-corrected chi connectivity index (χ4v) is 4.81. The first kappa shape index (κ1) is 20.8. The molecule has 0 saturated carbocycles. The molecule has 0 spiro atoms. The maximum absolute atomic E-state index is 15.4. The Hall–Kier alpha value is -3.76. The summed E-state index contributed by atoms with van der Waals surface area (Å²) in [5, 5.41) is 24.1. The molecule has 10 heteroatoms. The lowest BCUT2D eigenvalue weighted by Gasteiger charge is -2.31. The van der Waals surface area contributed by atoms with Gasteiger partial charge in [-0.25, -0.2) is 8.78 Å². The van der Waals surface area contributed by atoms with Crippen LogP contribution in [0.15, 0.2) is 55.0 Å². The number of aliphatic hydroxyl groups is 1. The molecule has 174 valence electrons. The van der Waals surface area contributed by atoms with Crippen molar-refractivity contribution in [3.05, 3.63) is 72.3 Å². The van der Waals surface area contributed by atoms with Crippen LogP contribution in [0.4, 0.5) is 20.2 Å². The van der Waals surface area contributed by atoms with E-state index >= 15 is 4.39 Å². The number of hydrogen-bond donors (Lipinski definition) is 2. The number of hydrogen-bond acceptors (Lipinski definition) is 6. The fraction of sp³-hybridized carbons (Fsp3) is 0.250. The normalized spacial score (nSPS) is 19.9. The van der Waals surface area contributed by atoms with Crippen LogP contribution in [-0.4, -0.2) is 37.6 Å². The van der Waals surface area contributed by atoms with Crippen LogP contribution in [0.2, 0.25) is 0 Å². The Bertz CT molecular complexity index is 1430. The molecule has 0 saturated heterocycles. The van der Waals surface area contributed by atoms with Crippen molar-refractivity contribution in [2.75, 3.05) is 16.3 Å². The van der Waals surface area contributed by atoms with Crippen molar-refractivity contribution in [1.29, 1.82) is 0 Å². The van der Waals surface area contributed by atoms with Gasteiger partial charge >= 0.3 is 0 Å². The van der Waals surface area contributed by atoms with E-state index in [4.69, 9.17) is 5.10 Å². The van der Waals surface area contributed by atoms with E-state index < -0.39 is 12.2 Å². The van der Waals surface area contributed by atoms with Gasteiger partial charge < -0.3 is 15.3 Å². The molecular formula is C24H23F2N7O. The van der Waals surface area contributed by atoms with E-state index in [-0.39, 0.29) is 17.5 Å². The summed E-state index contributed by atoms with van der Waals surface area (Å²) in [5.74, 6) is -0.792. The van der Waals surface area contributed by atoms with Crippen LogP contribution in [0.1, 0.15) is 18.7 Å². The van der Waals surface area contributed by atoms with Crippen molar-refractivity contribution < 1.29 is 13.9 Å². The zero-order valence-corrected chi connectivity index (χ0v) is 18.7. The van der Waals surface area contributed by atoms with Crippen LogP contribution in [0.3, 0.4) is 0 Å². The number of aliphatic hydroxyl groups excluding tert-OH is 1.